The van der Waals surface area contributed by atoms with Crippen molar-refractivity contribution in [1.29, 1.82) is 0 Å². The summed E-state index contributed by atoms with van der Waals surface area (Å²) in [5, 5.41) is 9.79. The highest BCUT2D eigenvalue weighted by Crippen LogP contribution is 2.29. The third-order valence-electron chi connectivity index (χ3n) is 3.40. The summed E-state index contributed by atoms with van der Waals surface area (Å²) in [4.78, 5) is 3.86. The standard InChI is InChI=1S/C14H21F2N3O/c1-14(2,20)9-18-5-7-19(8-6-18)13-11(17)4-3-10(15)12(13)16/h3-4,20H,5-9,17H2,1-2H3. The van der Waals surface area contributed by atoms with E-state index in [4.69, 9.17) is 5.73 Å². The number of β-amino-alcohol motifs (C(OH)–C–C–N with tert-alkyl or cyclic N) is 1. The minimum absolute atomic E-state index is 0.146. The molecular weight excluding hydrogens is 264 g/mol. The molecule has 0 spiro atoms. The lowest BCUT2D eigenvalue weighted by Gasteiger charge is -2.38. The van der Waals surface area contributed by atoms with Gasteiger partial charge in [0, 0.05) is 32.7 Å². The molecule has 112 valence electrons. The lowest BCUT2D eigenvalue weighted by Crippen LogP contribution is -2.50. The minimum atomic E-state index is -0.888. The zero-order valence-electron chi connectivity index (χ0n) is 11.9. The molecule has 20 heavy (non-hydrogen) atoms. The summed E-state index contributed by atoms with van der Waals surface area (Å²) in [6, 6.07) is 2.43. The molecule has 0 saturated carbocycles. The molecule has 3 N–H and O–H groups in total. The number of anilines is 2. The summed E-state index contributed by atoms with van der Waals surface area (Å²) in [5.41, 5.74) is 5.39. The molecule has 1 aromatic rings. The summed E-state index contributed by atoms with van der Waals surface area (Å²) in [6.07, 6.45) is 0. The van der Waals surface area contributed by atoms with Gasteiger partial charge in [0.2, 0.25) is 0 Å². The molecule has 0 amide bonds. The van der Waals surface area contributed by atoms with Crippen molar-refractivity contribution in [2.75, 3.05) is 43.4 Å². The Kier molecular flexibility index (Phi) is 4.15. The summed E-state index contributed by atoms with van der Waals surface area (Å²) in [6.45, 7) is 6.54. The predicted molar refractivity (Wildman–Crippen MR) is 75.7 cm³/mol. The smallest absolute Gasteiger partial charge is 0.184 e. The molecule has 6 heteroatoms. The summed E-state index contributed by atoms with van der Waals surface area (Å²) < 4.78 is 27.2. The molecule has 0 unspecified atom stereocenters. The number of nitrogens with zero attached hydrogens (tertiary/aromatic N) is 2. The van der Waals surface area contributed by atoms with Crippen molar-refractivity contribution in [2.45, 2.75) is 19.4 Å². The Hall–Kier alpha value is -1.40. The number of piperazine rings is 1. The summed E-state index contributed by atoms with van der Waals surface area (Å²) in [7, 11) is 0. The van der Waals surface area contributed by atoms with Gasteiger partial charge in [-0.05, 0) is 26.0 Å². The van der Waals surface area contributed by atoms with E-state index < -0.39 is 17.2 Å². The quantitative estimate of drug-likeness (QED) is 0.825. The van der Waals surface area contributed by atoms with E-state index in [1.807, 2.05) is 0 Å². The van der Waals surface area contributed by atoms with Crippen molar-refractivity contribution in [3.63, 3.8) is 0 Å². The number of hydrogen-bond donors (Lipinski definition) is 2. The number of benzene rings is 1. The van der Waals surface area contributed by atoms with Crippen LogP contribution in [0.5, 0.6) is 0 Å². The number of halogens is 2. The Morgan fingerprint density at radius 3 is 2.35 bits per heavy atom. The molecule has 2 rings (SSSR count). The molecule has 1 saturated heterocycles. The second kappa shape index (κ2) is 5.54. The van der Waals surface area contributed by atoms with Crippen molar-refractivity contribution in [3.8, 4) is 0 Å². The number of nitrogen functional groups attached to an aromatic ring is 1. The average molecular weight is 285 g/mol. The van der Waals surface area contributed by atoms with Gasteiger partial charge in [-0.2, -0.15) is 0 Å². The van der Waals surface area contributed by atoms with E-state index in [2.05, 4.69) is 4.90 Å². The fourth-order valence-corrected chi connectivity index (χ4v) is 2.55. The van der Waals surface area contributed by atoms with Crippen LogP contribution in [0.3, 0.4) is 0 Å². The van der Waals surface area contributed by atoms with Crippen LogP contribution in [0.4, 0.5) is 20.2 Å². The molecule has 0 aromatic heterocycles. The Balaban J connectivity index is 2.06. The molecule has 1 aromatic carbocycles. The van der Waals surface area contributed by atoms with Crippen LogP contribution in [-0.2, 0) is 0 Å². The average Bonchev–Trinajstić information content (AvgIpc) is 2.35. The Bertz CT molecular complexity index is 480. The van der Waals surface area contributed by atoms with Gasteiger partial charge < -0.3 is 15.7 Å². The highest BCUT2D eigenvalue weighted by Gasteiger charge is 2.25. The van der Waals surface area contributed by atoms with E-state index in [1.54, 1.807) is 18.7 Å². The SMILES string of the molecule is CC(C)(O)CN1CCN(c2c(N)ccc(F)c2F)CC1. The monoisotopic (exact) mass is 285 g/mol. The van der Waals surface area contributed by atoms with Crippen LogP contribution >= 0.6 is 0 Å². The fourth-order valence-electron chi connectivity index (χ4n) is 2.55. The first-order chi connectivity index (χ1) is 9.28. The molecule has 0 atom stereocenters. The van der Waals surface area contributed by atoms with Crippen LogP contribution < -0.4 is 10.6 Å². The van der Waals surface area contributed by atoms with E-state index in [1.165, 1.54) is 6.07 Å². The van der Waals surface area contributed by atoms with Crippen LogP contribution in [0.15, 0.2) is 12.1 Å². The highest BCUT2D eigenvalue weighted by atomic mass is 19.2. The fraction of sp³-hybridized carbons (Fsp3) is 0.571. The van der Waals surface area contributed by atoms with E-state index >= 15 is 0 Å². The molecule has 4 nitrogen and oxygen atoms in total. The van der Waals surface area contributed by atoms with Crippen LogP contribution in [-0.4, -0.2) is 48.3 Å². The normalized spacial score (nSPS) is 17.6. The van der Waals surface area contributed by atoms with Gasteiger partial charge in [0.15, 0.2) is 11.6 Å². The van der Waals surface area contributed by atoms with E-state index in [0.717, 1.165) is 6.07 Å². The van der Waals surface area contributed by atoms with Crippen molar-refractivity contribution in [3.05, 3.63) is 23.8 Å². The Labute approximate surface area is 117 Å². The largest absolute Gasteiger partial charge is 0.397 e. The molecule has 1 aliphatic heterocycles. The lowest BCUT2D eigenvalue weighted by atomic mass is 10.1. The first-order valence-corrected chi connectivity index (χ1v) is 6.71. The molecule has 0 radical (unpaired) electrons. The van der Waals surface area contributed by atoms with Gasteiger partial charge >= 0.3 is 0 Å². The third kappa shape index (κ3) is 3.37. The van der Waals surface area contributed by atoms with Gasteiger partial charge in [-0.1, -0.05) is 0 Å². The number of aliphatic hydroxyl groups is 1. The molecule has 1 heterocycles. The minimum Gasteiger partial charge on any atom is -0.397 e. The number of hydrogen-bond acceptors (Lipinski definition) is 4. The number of rotatable bonds is 3. The van der Waals surface area contributed by atoms with Crippen molar-refractivity contribution in [2.24, 2.45) is 0 Å². The van der Waals surface area contributed by atoms with Gasteiger partial charge in [0.25, 0.3) is 0 Å². The topological polar surface area (TPSA) is 52.7 Å². The maximum absolute atomic E-state index is 13.9. The first-order valence-electron chi connectivity index (χ1n) is 6.71. The van der Waals surface area contributed by atoms with E-state index in [9.17, 15) is 13.9 Å². The van der Waals surface area contributed by atoms with Gasteiger partial charge in [0.1, 0.15) is 0 Å². The van der Waals surface area contributed by atoms with Crippen LogP contribution in [0.1, 0.15) is 13.8 Å². The predicted octanol–water partition coefficient (Wildman–Crippen LogP) is 1.44. The van der Waals surface area contributed by atoms with Crippen LogP contribution in [0.2, 0.25) is 0 Å². The van der Waals surface area contributed by atoms with Crippen molar-refractivity contribution in [1.82, 2.24) is 4.90 Å². The first kappa shape index (κ1) is 15.0. The Morgan fingerprint density at radius 2 is 1.80 bits per heavy atom. The van der Waals surface area contributed by atoms with Crippen LogP contribution in [0.25, 0.3) is 0 Å². The van der Waals surface area contributed by atoms with Gasteiger partial charge in [-0.15, -0.1) is 0 Å². The highest BCUT2D eigenvalue weighted by molar-refractivity contribution is 5.68. The zero-order chi connectivity index (χ0) is 14.9. The summed E-state index contributed by atoms with van der Waals surface area (Å²) in [5.74, 6) is -1.77. The lowest BCUT2D eigenvalue weighted by molar-refractivity contribution is 0.0344. The van der Waals surface area contributed by atoms with Crippen LogP contribution in [0, 0.1) is 11.6 Å². The Morgan fingerprint density at radius 1 is 1.20 bits per heavy atom. The maximum Gasteiger partial charge on any atom is 0.184 e. The van der Waals surface area contributed by atoms with E-state index in [-0.39, 0.29) is 11.4 Å². The van der Waals surface area contributed by atoms with Crippen molar-refractivity contribution < 1.29 is 13.9 Å². The second-order valence-electron chi connectivity index (χ2n) is 5.87. The second-order valence-corrected chi connectivity index (χ2v) is 5.87. The van der Waals surface area contributed by atoms with Gasteiger partial charge in [-0.3, -0.25) is 4.90 Å². The summed E-state index contributed by atoms with van der Waals surface area (Å²) >= 11 is 0. The maximum atomic E-state index is 13.9. The molecular formula is C14H21F2N3O. The molecule has 0 bridgehead atoms. The number of nitrogens with two attached hydrogens (primary N) is 1. The zero-order valence-corrected chi connectivity index (χ0v) is 11.9. The molecule has 1 aliphatic rings. The molecule has 1 fully saturated rings. The molecule has 0 aliphatic carbocycles. The van der Waals surface area contributed by atoms with Gasteiger partial charge in [-0.25, -0.2) is 8.78 Å². The van der Waals surface area contributed by atoms with Crippen molar-refractivity contribution >= 4 is 11.4 Å². The van der Waals surface area contributed by atoms with Gasteiger partial charge in [0.05, 0.1) is 17.0 Å². The van der Waals surface area contributed by atoms with E-state index in [0.29, 0.717) is 32.7 Å². The third-order valence-corrected chi connectivity index (χ3v) is 3.40.